The van der Waals surface area contributed by atoms with Gasteiger partial charge < -0.3 is 10.3 Å². The fourth-order valence-corrected chi connectivity index (χ4v) is 3.41. The summed E-state index contributed by atoms with van der Waals surface area (Å²) in [7, 11) is -3.62. The molecule has 3 N–H and O–H groups in total. The standard InChI is InChI=1S/C14H19N3O3S/c1-9-4-10(2)14(6-12(9)7-15)21(18,19)16-8-13-5-11(3)20-17-13/h4-6,16H,7-8,15H2,1-3H3. The number of aromatic nitrogens is 1. The van der Waals surface area contributed by atoms with E-state index in [4.69, 9.17) is 10.3 Å². The molecular formula is C14H19N3O3S. The predicted molar refractivity (Wildman–Crippen MR) is 79.1 cm³/mol. The van der Waals surface area contributed by atoms with Crippen LogP contribution in [0.4, 0.5) is 0 Å². The van der Waals surface area contributed by atoms with Gasteiger partial charge in [-0.1, -0.05) is 11.2 Å². The molecule has 0 bridgehead atoms. The van der Waals surface area contributed by atoms with Crippen molar-refractivity contribution in [3.05, 3.63) is 46.3 Å². The van der Waals surface area contributed by atoms with Crippen LogP contribution in [0.25, 0.3) is 0 Å². The monoisotopic (exact) mass is 309 g/mol. The Bertz CT molecular complexity index is 751. The molecule has 21 heavy (non-hydrogen) atoms. The Morgan fingerprint density at radius 1 is 1.19 bits per heavy atom. The Balaban J connectivity index is 2.27. The molecule has 0 atom stereocenters. The van der Waals surface area contributed by atoms with E-state index < -0.39 is 10.0 Å². The van der Waals surface area contributed by atoms with Gasteiger partial charge in [-0.25, -0.2) is 13.1 Å². The minimum Gasteiger partial charge on any atom is -0.361 e. The van der Waals surface area contributed by atoms with Crippen LogP contribution in [-0.4, -0.2) is 13.6 Å². The average molecular weight is 309 g/mol. The minimum absolute atomic E-state index is 0.0882. The van der Waals surface area contributed by atoms with Gasteiger partial charge in [-0.2, -0.15) is 0 Å². The molecule has 1 heterocycles. The molecule has 0 amide bonds. The maximum Gasteiger partial charge on any atom is 0.241 e. The molecular weight excluding hydrogens is 290 g/mol. The second-order valence-corrected chi connectivity index (χ2v) is 6.74. The van der Waals surface area contributed by atoms with Crippen LogP contribution in [0.15, 0.2) is 27.6 Å². The summed E-state index contributed by atoms with van der Waals surface area (Å²) in [6.45, 7) is 5.82. The number of hydrogen-bond donors (Lipinski definition) is 2. The fraction of sp³-hybridized carbons (Fsp3) is 0.357. The Morgan fingerprint density at radius 3 is 2.48 bits per heavy atom. The van der Waals surface area contributed by atoms with Gasteiger partial charge in [0, 0.05) is 12.6 Å². The Hall–Kier alpha value is -1.70. The van der Waals surface area contributed by atoms with E-state index in [0.717, 1.165) is 11.1 Å². The van der Waals surface area contributed by atoms with Crippen molar-refractivity contribution < 1.29 is 12.9 Å². The molecule has 0 saturated carbocycles. The lowest BCUT2D eigenvalue weighted by atomic mass is 10.1. The van der Waals surface area contributed by atoms with Crippen LogP contribution < -0.4 is 10.5 Å². The van der Waals surface area contributed by atoms with Gasteiger partial charge in [0.25, 0.3) is 0 Å². The van der Waals surface area contributed by atoms with Gasteiger partial charge in [-0.3, -0.25) is 0 Å². The molecule has 0 saturated heterocycles. The molecule has 0 radical (unpaired) electrons. The van der Waals surface area contributed by atoms with Gasteiger partial charge in [0.1, 0.15) is 5.76 Å². The van der Waals surface area contributed by atoms with Crippen LogP contribution in [0.5, 0.6) is 0 Å². The summed E-state index contributed by atoms with van der Waals surface area (Å²) < 4.78 is 32.2. The van der Waals surface area contributed by atoms with Crippen molar-refractivity contribution in [3.63, 3.8) is 0 Å². The lowest BCUT2D eigenvalue weighted by Gasteiger charge is -2.12. The molecule has 2 rings (SSSR count). The van der Waals surface area contributed by atoms with E-state index in [9.17, 15) is 8.42 Å². The predicted octanol–water partition coefficient (Wildman–Crippen LogP) is 1.54. The molecule has 2 aromatic rings. The fourth-order valence-electron chi connectivity index (χ4n) is 2.13. The van der Waals surface area contributed by atoms with Crippen molar-refractivity contribution in [1.82, 2.24) is 9.88 Å². The van der Waals surface area contributed by atoms with Crippen molar-refractivity contribution in [2.75, 3.05) is 0 Å². The van der Waals surface area contributed by atoms with Crippen molar-refractivity contribution in [2.24, 2.45) is 5.73 Å². The first kappa shape index (κ1) is 15.7. The van der Waals surface area contributed by atoms with Crippen LogP contribution in [0.3, 0.4) is 0 Å². The third kappa shape index (κ3) is 3.49. The molecule has 1 aromatic carbocycles. The highest BCUT2D eigenvalue weighted by Crippen LogP contribution is 2.20. The second-order valence-electron chi connectivity index (χ2n) is 5.00. The van der Waals surface area contributed by atoms with Crippen molar-refractivity contribution >= 4 is 10.0 Å². The van der Waals surface area contributed by atoms with Crippen LogP contribution in [0, 0.1) is 20.8 Å². The third-order valence-electron chi connectivity index (χ3n) is 3.26. The lowest BCUT2D eigenvalue weighted by Crippen LogP contribution is -2.24. The Labute approximate surface area is 124 Å². The maximum atomic E-state index is 12.4. The number of nitrogens with two attached hydrogens (primary N) is 1. The normalized spacial score (nSPS) is 11.8. The molecule has 1 aromatic heterocycles. The first-order chi connectivity index (χ1) is 9.83. The molecule has 0 aliphatic rings. The number of sulfonamides is 1. The van der Waals surface area contributed by atoms with Crippen LogP contribution in [0.2, 0.25) is 0 Å². The van der Waals surface area contributed by atoms with Gasteiger partial charge in [0.15, 0.2) is 0 Å². The molecule has 0 spiro atoms. The molecule has 7 heteroatoms. The molecule has 0 aliphatic carbocycles. The van der Waals surface area contributed by atoms with Gasteiger partial charge >= 0.3 is 0 Å². The zero-order valence-corrected chi connectivity index (χ0v) is 13.1. The molecule has 0 fully saturated rings. The van der Waals surface area contributed by atoms with Crippen molar-refractivity contribution in [1.29, 1.82) is 0 Å². The topological polar surface area (TPSA) is 98.2 Å². The Kier molecular flexibility index (Phi) is 4.46. The van der Waals surface area contributed by atoms with Crippen molar-refractivity contribution in [3.8, 4) is 0 Å². The van der Waals surface area contributed by atoms with Gasteiger partial charge in [-0.05, 0) is 43.5 Å². The lowest BCUT2D eigenvalue weighted by molar-refractivity contribution is 0.390. The summed E-state index contributed by atoms with van der Waals surface area (Å²) in [6.07, 6.45) is 0. The summed E-state index contributed by atoms with van der Waals surface area (Å²) in [5.41, 5.74) is 8.68. The number of nitrogens with one attached hydrogen (secondary N) is 1. The van der Waals surface area contributed by atoms with Crippen LogP contribution in [0.1, 0.15) is 28.1 Å². The summed E-state index contributed by atoms with van der Waals surface area (Å²) in [5.74, 6) is 0.640. The SMILES string of the molecule is Cc1cc(CNS(=O)(=O)c2cc(CN)c(C)cc2C)no1. The van der Waals surface area contributed by atoms with E-state index in [2.05, 4.69) is 9.88 Å². The summed E-state index contributed by atoms with van der Waals surface area (Å²) >= 11 is 0. The van der Waals surface area contributed by atoms with E-state index in [1.54, 1.807) is 26.0 Å². The molecule has 6 nitrogen and oxygen atoms in total. The highest BCUT2D eigenvalue weighted by atomic mass is 32.2. The van der Waals surface area contributed by atoms with E-state index in [1.165, 1.54) is 0 Å². The summed E-state index contributed by atoms with van der Waals surface area (Å²) in [6, 6.07) is 5.15. The minimum atomic E-state index is -3.62. The zero-order chi connectivity index (χ0) is 15.6. The summed E-state index contributed by atoms with van der Waals surface area (Å²) in [5, 5.41) is 3.76. The quantitative estimate of drug-likeness (QED) is 0.873. The number of aryl methyl sites for hydroxylation is 3. The first-order valence-electron chi connectivity index (χ1n) is 6.55. The van der Waals surface area contributed by atoms with Crippen molar-refractivity contribution in [2.45, 2.75) is 38.8 Å². The van der Waals surface area contributed by atoms with Crippen LogP contribution >= 0.6 is 0 Å². The largest absolute Gasteiger partial charge is 0.361 e. The number of benzene rings is 1. The van der Waals surface area contributed by atoms with Gasteiger partial charge in [-0.15, -0.1) is 0 Å². The number of hydrogen-bond acceptors (Lipinski definition) is 5. The highest BCUT2D eigenvalue weighted by molar-refractivity contribution is 7.89. The summed E-state index contributed by atoms with van der Waals surface area (Å²) in [4.78, 5) is 0.244. The van der Waals surface area contributed by atoms with Gasteiger partial charge in [0.2, 0.25) is 10.0 Å². The third-order valence-corrected chi connectivity index (χ3v) is 4.81. The van der Waals surface area contributed by atoms with E-state index in [1.807, 2.05) is 13.0 Å². The number of nitrogens with zero attached hydrogens (tertiary/aromatic N) is 1. The Morgan fingerprint density at radius 2 is 1.90 bits per heavy atom. The smallest absolute Gasteiger partial charge is 0.241 e. The highest BCUT2D eigenvalue weighted by Gasteiger charge is 2.18. The molecule has 114 valence electrons. The van der Waals surface area contributed by atoms with E-state index in [0.29, 0.717) is 23.6 Å². The van der Waals surface area contributed by atoms with E-state index >= 15 is 0 Å². The average Bonchev–Trinajstić information content (AvgIpc) is 2.82. The van der Waals surface area contributed by atoms with Gasteiger partial charge in [0.05, 0.1) is 17.1 Å². The zero-order valence-electron chi connectivity index (χ0n) is 12.3. The molecule has 0 unspecified atom stereocenters. The van der Waals surface area contributed by atoms with E-state index in [-0.39, 0.29) is 11.4 Å². The second kappa shape index (κ2) is 5.97. The number of rotatable bonds is 5. The first-order valence-corrected chi connectivity index (χ1v) is 8.04. The molecule has 0 aliphatic heterocycles. The maximum absolute atomic E-state index is 12.4. The van der Waals surface area contributed by atoms with Crippen LogP contribution in [-0.2, 0) is 23.1 Å².